The number of hydrogen-bond donors (Lipinski definition) is 1. The lowest BCUT2D eigenvalue weighted by atomic mass is 10.2. The molecule has 0 saturated heterocycles. The molecule has 0 bridgehead atoms. The van der Waals surface area contributed by atoms with Crippen LogP contribution in [0.25, 0.3) is 11.1 Å². The average molecular weight is 346 g/mol. The lowest BCUT2D eigenvalue weighted by molar-refractivity contribution is 0.513. The number of nitrogens with one attached hydrogen (secondary N) is 1. The largest absolute Gasteiger partial charge is 0.419 e. The molecule has 0 amide bonds. The van der Waals surface area contributed by atoms with E-state index in [4.69, 9.17) is 4.42 Å². The Balaban J connectivity index is 1.94. The summed E-state index contributed by atoms with van der Waals surface area (Å²) in [6.45, 7) is 4.33. The molecule has 6 nitrogen and oxygen atoms in total. The zero-order valence-corrected chi connectivity index (χ0v) is 14.3. The van der Waals surface area contributed by atoms with Gasteiger partial charge in [0.1, 0.15) is 0 Å². The first-order valence-electron chi connectivity index (χ1n) is 7.69. The van der Waals surface area contributed by atoms with Gasteiger partial charge in [-0.1, -0.05) is 19.1 Å². The van der Waals surface area contributed by atoms with E-state index in [0.717, 1.165) is 12.0 Å². The molecule has 0 aliphatic carbocycles. The number of sulfonamides is 1. The SMILES string of the molecule is CCc1ccc(S(=O)(=O)Nc2ccc3c(c2)oc(=O)n3CC)cc1. The molecule has 2 aromatic carbocycles. The highest BCUT2D eigenvalue weighted by Crippen LogP contribution is 2.21. The molecule has 1 aromatic heterocycles. The quantitative estimate of drug-likeness (QED) is 0.770. The van der Waals surface area contributed by atoms with Crippen LogP contribution in [0.5, 0.6) is 0 Å². The molecule has 0 fully saturated rings. The normalized spacial score (nSPS) is 11.8. The van der Waals surface area contributed by atoms with Gasteiger partial charge in [-0.3, -0.25) is 9.29 Å². The second-order valence-corrected chi connectivity index (χ2v) is 7.08. The molecule has 126 valence electrons. The Bertz CT molecular complexity index is 1030. The molecule has 0 radical (unpaired) electrons. The van der Waals surface area contributed by atoms with Crippen molar-refractivity contribution in [3.8, 4) is 0 Å². The van der Waals surface area contributed by atoms with Crippen molar-refractivity contribution in [2.75, 3.05) is 4.72 Å². The smallest absolute Gasteiger partial charge is 0.408 e. The number of nitrogens with zero attached hydrogens (tertiary/aromatic N) is 1. The van der Waals surface area contributed by atoms with Gasteiger partial charge in [0, 0.05) is 12.6 Å². The van der Waals surface area contributed by atoms with E-state index >= 15 is 0 Å². The lowest BCUT2D eigenvalue weighted by Crippen LogP contribution is -2.13. The third-order valence-electron chi connectivity index (χ3n) is 3.88. The molecule has 0 unspecified atom stereocenters. The highest BCUT2D eigenvalue weighted by Gasteiger charge is 2.15. The minimum atomic E-state index is -3.69. The van der Waals surface area contributed by atoms with Crippen LogP contribution in [-0.2, 0) is 23.0 Å². The number of rotatable bonds is 5. The minimum Gasteiger partial charge on any atom is -0.408 e. The number of anilines is 1. The zero-order valence-electron chi connectivity index (χ0n) is 13.4. The van der Waals surface area contributed by atoms with E-state index in [1.807, 2.05) is 13.8 Å². The first-order chi connectivity index (χ1) is 11.4. The van der Waals surface area contributed by atoms with Gasteiger partial charge in [-0.25, -0.2) is 13.2 Å². The van der Waals surface area contributed by atoms with Crippen LogP contribution in [0.2, 0.25) is 0 Å². The third-order valence-corrected chi connectivity index (χ3v) is 5.28. The Labute approximate surface area is 139 Å². The molecule has 0 aliphatic heterocycles. The summed E-state index contributed by atoms with van der Waals surface area (Å²) < 4.78 is 34.1. The van der Waals surface area contributed by atoms with Crippen LogP contribution in [0, 0.1) is 0 Å². The predicted molar refractivity (Wildman–Crippen MR) is 92.8 cm³/mol. The molecule has 0 atom stereocenters. The van der Waals surface area contributed by atoms with Crippen molar-refractivity contribution in [2.45, 2.75) is 31.7 Å². The maximum atomic E-state index is 12.5. The number of oxazole rings is 1. The standard InChI is InChI=1S/C17H18N2O4S/c1-3-12-5-8-14(9-6-12)24(21,22)18-13-7-10-15-16(11-13)23-17(20)19(15)4-2/h5-11,18H,3-4H2,1-2H3. The van der Waals surface area contributed by atoms with Gasteiger partial charge in [-0.05, 0) is 43.2 Å². The average Bonchev–Trinajstić information content (AvgIpc) is 2.88. The number of benzene rings is 2. The van der Waals surface area contributed by atoms with Crippen molar-refractivity contribution in [1.29, 1.82) is 0 Å². The van der Waals surface area contributed by atoms with E-state index in [2.05, 4.69) is 4.72 Å². The van der Waals surface area contributed by atoms with E-state index in [1.165, 1.54) is 10.6 Å². The molecule has 3 rings (SSSR count). The van der Waals surface area contributed by atoms with Crippen LogP contribution in [0.15, 0.2) is 56.6 Å². The van der Waals surface area contributed by atoms with E-state index in [9.17, 15) is 13.2 Å². The third kappa shape index (κ3) is 2.94. The van der Waals surface area contributed by atoms with Gasteiger partial charge in [0.05, 0.1) is 16.1 Å². The summed E-state index contributed by atoms with van der Waals surface area (Å²) in [6.07, 6.45) is 0.845. The molecule has 24 heavy (non-hydrogen) atoms. The van der Waals surface area contributed by atoms with Crippen molar-refractivity contribution in [3.63, 3.8) is 0 Å². The van der Waals surface area contributed by atoms with Crippen LogP contribution < -0.4 is 10.5 Å². The van der Waals surface area contributed by atoms with Gasteiger partial charge in [0.15, 0.2) is 5.58 Å². The molecule has 1 heterocycles. The molecule has 0 spiro atoms. The van der Waals surface area contributed by atoms with E-state index in [-0.39, 0.29) is 4.90 Å². The summed E-state index contributed by atoms with van der Waals surface area (Å²) in [5, 5.41) is 0. The second-order valence-electron chi connectivity index (χ2n) is 5.40. The first-order valence-corrected chi connectivity index (χ1v) is 9.18. The Hall–Kier alpha value is -2.54. The number of hydrogen-bond acceptors (Lipinski definition) is 4. The lowest BCUT2D eigenvalue weighted by Gasteiger charge is -2.08. The molecular formula is C17H18N2O4S. The van der Waals surface area contributed by atoms with Crippen molar-refractivity contribution in [2.24, 2.45) is 0 Å². The highest BCUT2D eigenvalue weighted by molar-refractivity contribution is 7.92. The second kappa shape index (κ2) is 6.16. The van der Waals surface area contributed by atoms with Gasteiger partial charge in [-0.2, -0.15) is 0 Å². The van der Waals surface area contributed by atoms with Crippen molar-refractivity contribution < 1.29 is 12.8 Å². The number of aryl methyl sites for hydroxylation is 2. The van der Waals surface area contributed by atoms with E-state index in [1.54, 1.807) is 36.4 Å². The first kappa shape index (κ1) is 16.3. The fourth-order valence-electron chi connectivity index (χ4n) is 2.55. The Morgan fingerprint density at radius 2 is 1.79 bits per heavy atom. The van der Waals surface area contributed by atoms with E-state index in [0.29, 0.717) is 23.3 Å². The van der Waals surface area contributed by atoms with Crippen molar-refractivity contribution in [1.82, 2.24) is 4.57 Å². The van der Waals surface area contributed by atoms with Crippen LogP contribution in [-0.4, -0.2) is 13.0 Å². The van der Waals surface area contributed by atoms with Crippen LogP contribution >= 0.6 is 0 Å². The van der Waals surface area contributed by atoms with Gasteiger partial charge in [0.25, 0.3) is 10.0 Å². The number of aromatic nitrogens is 1. The summed E-state index contributed by atoms with van der Waals surface area (Å²) in [6, 6.07) is 11.5. The minimum absolute atomic E-state index is 0.187. The molecule has 0 saturated carbocycles. The fourth-order valence-corrected chi connectivity index (χ4v) is 3.60. The molecule has 1 N–H and O–H groups in total. The maximum Gasteiger partial charge on any atom is 0.419 e. The van der Waals surface area contributed by atoms with Crippen molar-refractivity contribution >= 4 is 26.8 Å². The molecule has 7 heteroatoms. The summed E-state index contributed by atoms with van der Waals surface area (Å²) in [5.41, 5.74) is 2.40. The molecular weight excluding hydrogens is 328 g/mol. The van der Waals surface area contributed by atoms with Gasteiger partial charge < -0.3 is 4.42 Å². The molecule has 0 aliphatic rings. The van der Waals surface area contributed by atoms with Gasteiger partial charge in [0.2, 0.25) is 0 Å². The predicted octanol–water partition coefficient (Wildman–Crippen LogP) is 2.98. The monoisotopic (exact) mass is 346 g/mol. The zero-order chi connectivity index (χ0) is 17.3. The Morgan fingerprint density at radius 3 is 2.42 bits per heavy atom. The van der Waals surface area contributed by atoms with Crippen LogP contribution in [0.4, 0.5) is 5.69 Å². The fraction of sp³-hybridized carbons (Fsp3) is 0.235. The Morgan fingerprint density at radius 1 is 1.08 bits per heavy atom. The van der Waals surface area contributed by atoms with Crippen LogP contribution in [0.1, 0.15) is 19.4 Å². The van der Waals surface area contributed by atoms with Crippen molar-refractivity contribution in [3.05, 3.63) is 58.6 Å². The summed E-state index contributed by atoms with van der Waals surface area (Å²) in [5.74, 6) is -0.456. The van der Waals surface area contributed by atoms with Crippen LogP contribution in [0.3, 0.4) is 0 Å². The molecule has 3 aromatic rings. The topological polar surface area (TPSA) is 81.3 Å². The van der Waals surface area contributed by atoms with E-state index < -0.39 is 15.8 Å². The highest BCUT2D eigenvalue weighted by atomic mass is 32.2. The van der Waals surface area contributed by atoms with Gasteiger partial charge >= 0.3 is 5.76 Å². The van der Waals surface area contributed by atoms with Gasteiger partial charge in [-0.15, -0.1) is 0 Å². The summed E-state index contributed by atoms with van der Waals surface area (Å²) in [4.78, 5) is 11.9. The Kier molecular flexibility index (Phi) is 4.19. The maximum absolute atomic E-state index is 12.5. The summed E-state index contributed by atoms with van der Waals surface area (Å²) >= 11 is 0. The summed E-state index contributed by atoms with van der Waals surface area (Å²) in [7, 11) is -3.69. The number of fused-ring (bicyclic) bond motifs is 1.